The zero-order valence-electron chi connectivity index (χ0n) is 6.87. The second kappa shape index (κ2) is 6.59. The molecule has 0 unspecified atom stereocenters. The number of hydrogen-bond acceptors (Lipinski definition) is 0. The Kier molecular flexibility index (Phi) is 5.70. The zero-order chi connectivity index (χ0) is 9.52. The molecule has 0 aliphatic rings. The number of rotatable bonds is 0. The fourth-order valence-corrected chi connectivity index (χ4v) is 1.13. The van der Waals surface area contributed by atoms with Gasteiger partial charge < -0.3 is 0 Å². The summed E-state index contributed by atoms with van der Waals surface area (Å²) in [6.07, 6.45) is 0. The van der Waals surface area contributed by atoms with Crippen molar-refractivity contribution in [2.45, 2.75) is 0 Å². The van der Waals surface area contributed by atoms with E-state index in [4.69, 9.17) is 17.0 Å². The maximum Gasteiger partial charge on any atom is -0.0184 e. The molecular formula is C10H8Cl2Zr. The molecule has 0 heterocycles. The summed E-state index contributed by atoms with van der Waals surface area (Å²) in [5.41, 5.74) is 0. The summed E-state index contributed by atoms with van der Waals surface area (Å²) >= 11 is -0.826. The van der Waals surface area contributed by atoms with Gasteiger partial charge in [-0.3, -0.25) is 0 Å². The minimum Gasteiger partial charge on any atom is -0.0616 e. The molecule has 0 radical (unpaired) electrons. The zero-order valence-corrected chi connectivity index (χ0v) is 10.8. The molecule has 0 atom stereocenters. The van der Waals surface area contributed by atoms with Gasteiger partial charge in [-0.1, -0.05) is 48.5 Å². The summed E-state index contributed by atoms with van der Waals surface area (Å²) in [5.74, 6) is 0. The molecule has 0 spiro atoms. The van der Waals surface area contributed by atoms with Crippen LogP contribution in [0.15, 0.2) is 48.5 Å². The summed E-state index contributed by atoms with van der Waals surface area (Å²) < 4.78 is 0. The van der Waals surface area contributed by atoms with Gasteiger partial charge in [0.15, 0.2) is 0 Å². The number of fused-ring (bicyclic) bond motifs is 1. The SMILES string of the molecule is [Cl][Zr][Cl].c1ccc2ccccc2c1. The maximum absolute atomic E-state index is 4.93. The predicted octanol–water partition coefficient (Wildman–Crippen LogP) is 4.22. The van der Waals surface area contributed by atoms with E-state index in [9.17, 15) is 0 Å². The first-order chi connectivity index (χ1) is 6.38. The molecule has 3 heteroatoms. The van der Waals surface area contributed by atoms with Crippen molar-refractivity contribution in [1.29, 1.82) is 0 Å². The average molecular weight is 290 g/mol. The van der Waals surface area contributed by atoms with Crippen LogP contribution >= 0.6 is 17.0 Å². The molecule has 0 bridgehead atoms. The van der Waals surface area contributed by atoms with Gasteiger partial charge in [-0.15, -0.1) is 0 Å². The van der Waals surface area contributed by atoms with E-state index in [2.05, 4.69) is 48.5 Å². The number of halogens is 2. The van der Waals surface area contributed by atoms with Gasteiger partial charge in [-0.05, 0) is 10.8 Å². The van der Waals surface area contributed by atoms with Crippen molar-refractivity contribution in [3.8, 4) is 0 Å². The Hall–Kier alpha value is 0.163. The molecule has 0 aliphatic heterocycles. The van der Waals surface area contributed by atoms with Crippen LogP contribution in [0.4, 0.5) is 0 Å². The van der Waals surface area contributed by atoms with Gasteiger partial charge in [0.2, 0.25) is 0 Å². The summed E-state index contributed by atoms with van der Waals surface area (Å²) in [5, 5.41) is 2.62. The first kappa shape index (κ1) is 11.2. The minimum absolute atomic E-state index is 0.826. The van der Waals surface area contributed by atoms with Gasteiger partial charge in [0.1, 0.15) is 0 Å². The fraction of sp³-hybridized carbons (Fsp3) is 0. The van der Waals surface area contributed by atoms with E-state index in [0.717, 1.165) is 0 Å². The van der Waals surface area contributed by atoms with Crippen molar-refractivity contribution in [3.63, 3.8) is 0 Å². The molecule has 66 valence electrons. The Morgan fingerprint density at radius 3 is 1.15 bits per heavy atom. The summed E-state index contributed by atoms with van der Waals surface area (Å²) in [6.45, 7) is 0. The van der Waals surface area contributed by atoms with E-state index in [0.29, 0.717) is 0 Å². The number of benzene rings is 2. The molecule has 0 saturated carbocycles. The minimum atomic E-state index is -0.826. The van der Waals surface area contributed by atoms with Crippen LogP contribution in [0.1, 0.15) is 0 Å². The van der Waals surface area contributed by atoms with E-state index >= 15 is 0 Å². The summed E-state index contributed by atoms with van der Waals surface area (Å²) in [4.78, 5) is 0. The van der Waals surface area contributed by atoms with Crippen molar-refractivity contribution >= 4 is 27.8 Å². The van der Waals surface area contributed by atoms with E-state index in [1.165, 1.54) is 10.8 Å². The van der Waals surface area contributed by atoms with E-state index in [1.807, 2.05) is 0 Å². The van der Waals surface area contributed by atoms with Crippen LogP contribution < -0.4 is 0 Å². The maximum atomic E-state index is 4.93. The Bertz CT molecular complexity index is 297. The Morgan fingerprint density at radius 2 is 0.923 bits per heavy atom. The predicted molar refractivity (Wildman–Crippen MR) is 55.7 cm³/mol. The first-order valence-electron chi connectivity index (χ1n) is 3.78. The largest absolute Gasteiger partial charge is 0.0616 e. The molecule has 0 aliphatic carbocycles. The van der Waals surface area contributed by atoms with Crippen molar-refractivity contribution in [2.75, 3.05) is 0 Å². The molecule has 0 fully saturated rings. The van der Waals surface area contributed by atoms with Crippen LogP contribution in [0, 0.1) is 0 Å². The van der Waals surface area contributed by atoms with Crippen LogP contribution in [0.2, 0.25) is 0 Å². The molecule has 0 nitrogen and oxygen atoms in total. The van der Waals surface area contributed by atoms with Crippen molar-refractivity contribution < 1.29 is 20.8 Å². The molecule has 0 aromatic heterocycles. The second-order valence-corrected chi connectivity index (χ2v) is 6.15. The summed E-state index contributed by atoms with van der Waals surface area (Å²) in [7, 11) is 9.87. The van der Waals surface area contributed by atoms with Gasteiger partial charge in [0.25, 0.3) is 0 Å². The molecule has 0 saturated heterocycles. The fourth-order valence-electron chi connectivity index (χ4n) is 1.13. The molecule has 2 aromatic carbocycles. The van der Waals surface area contributed by atoms with Crippen molar-refractivity contribution in [1.82, 2.24) is 0 Å². The van der Waals surface area contributed by atoms with Gasteiger partial charge >= 0.3 is 37.9 Å². The van der Waals surface area contributed by atoms with Gasteiger partial charge in [0.05, 0.1) is 0 Å². The smallest absolute Gasteiger partial charge is 0.0184 e. The van der Waals surface area contributed by atoms with Crippen LogP contribution in [0.3, 0.4) is 0 Å². The van der Waals surface area contributed by atoms with Gasteiger partial charge in [0, 0.05) is 0 Å². The molecule has 2 rings (SSSR count). The molecule has 2 aromatic rings. The quantitative estimate of drug-likeness (QED) is 0.681. The van der Waals surface area contributed by atoms with E-state index in [1.54, 1.807) is 0 Å². The monoisotopic (exact) mass is 288 g/mol. The third kappa shape index (κ3) is 3.81. The molecule has 13 heavy (non-hydrogen) atoms. The van der Waals surface area contributed by atoms with Crippen molar-refractivity contribution in [2.24, 2.45) is 0 Å². The Morgan fingerprint density at radius 1 is 0.692 bits per heavy atom. The van der Waals surface area contributed by atoms with E-state index < -0.39 is 20.8 Å². The van der Waals surface area contributed by atoms with Crippen LogP contribution in [-0.2, 0) is 20.8 Å². The standard InChI is InChI=1S/C10H8.2ClH.Zr/c1-2-6-10-8-4-3-7-9(10)5-1;;;/h1-8H;2*1H;/q;;;+2/p-2. The average Bonchev–Trinajstić information content (AvgIpc) is 2.19. The normalized spacial score (nSPS) is 8.77. The van der Waals surface area contributed by atoms with E-state index in [-0.39, 0.29) is 0 Å². The van der Waals surface area contributed by atoms with Crippen LogP contribution in [0.5, 0.6) is 0 Å². The first-order valence-corrected chi connectivity index (χ1v) is 10.1. The Balaban J connectivity index is 0.000000251. The second-order valence-electron chi connectivity index (χ2n) is 2.42. The van der Waals surface area contributed by atoms with Crippen LogP contribution in [-0.4, -0.2) is 0 Å². The molecule has 0 amide bonds. The van der Waals surface area contributed by atoms with Crippen molar-refractivity contribution in [3.05, 3.63) is 48.5 Å². The van der Waals surface area contributed by atoms with Gasteiger partial charge in [-0.2, -0.15) is 0 Å². The van der Waals surface area contributed by atoms with Crippen LogP contribution in [0.25, 0.3) is 10.8 Å². The summed E-state index contributed by atoms with van der Waals surface area (Å²) in [6, 6.07) is 16.7. The third-order valence-electron chi connectivity index (χ3n) is 1.66. The number of hydrogen-bond donors (Lipinski definition) is 0. The third-order valence-corrected chi connectivity index (χ3v) is 1.66. The molecule has 0 N–H and O–H groups in total. The Labute approximate surface area is 96.5 Å². The van der Waals surface area contributed by atoms with Gasteiger partial charge in [-0.25, -0.2) is 0 Å². The molecular weight excluding hydrogens is 282 g/mol. The topological polar surface area (TPSA) is 0 Å².